The standard InChI is InChI=1S/C12H28N2OSi2/c1-11(9-10-12(2)15)13-14(16(3,4)5)17(6,7)8/h9-10H2,1-8H3/b13-11+. The van der Waals surface area contributed by atoms with Crippen molar-refractivity contribution in [2.45, 2.75) is 66.0 Å². The smallest absolute Gasteiger partial charge is 0.158 e. The molecular weight excluding hydrogens is 244 g/mol. The van der Waals surface area contributed by atoms with E-state index in [2.05, 4.69) is 43.6 Å². The van der Waals surface area contributed by atoms with Crippen molar-refractivity contribution >= 4 is 28.0 Å². The zero-order valence-corrected chi connectivity index (χ0v) is 14.7. The molecule has 0 aromatic carbocycles. The van der Waals surface area contributed by atoms with E-state index in [-0.39, 0.29) is 5.78 Å². The second-order valence-corrected chi connectivity index (χ2v) is 16.7. The molecule has 0 rings (SSSR count). The molecule has 5 heteroatoms. The first-order valence-corrected chi connectivity index (χ1v) is 13.2. The Bertz CT molecular complexity index is 287. The fourth-order valence-corrected chi connectivity index (χ4v) is 10.9. The van der Waals surface area contributed by atoms with Gasteiger partial charge in [-0.3, -0.25) is 0 Å². The summed E-state index contributed by atoms with van der Waals surface area (Å²) in [6.07, 6.45) is 1.40. The van der Waals surface area contributed by atoms with Gasteiger partial charge in [0.05, 0.1) is 0 Å². The molecule has 0 saturated carbocycles. The Morgan fingerprint density at radius 1 is 0.941 bits per heavy atom. The molecule has 0 N–H and O–H groups in total. The minimum atomic E-state index is -1.42. The lowest BCUT2D eigenvalue weighted by Gasteiger charge is -2.41. The van der Waals surface area contributed by atoms with Gasteiger partial charge < -0.3 is 9.13 Å². The van der Waals surface area contributed by atoms with Gasteiger partial charge in [0.25, 0.3) is 0 Å². The number of ketones is 1. The number of hydrogen-bond acceptors (Lipinski definition) is 3. The number of rotatable bonds is 6. The third-order valence-corrected chi connectivity index (χ3v) is 9.15. The highest BCUT2D eigenvalue weighted by Crippen LogP contribution is 2.20. The molecular formula is C12H28N2OSi2. The Labute approximate surface area is 108 Å². The minimum Gasteiger partial charge on any atom is -0.350 e. The molecule has 0 aromatic rings. The van der Waals surface area contributed by atoms with Crippen molar-refractivity contribution in [2.75, 3.05) is 0 Å². The van der Waals surface area contributed by atoms with E-state index in [4.69, 9.17) is 5.10 Å². The molecule has 0 saturated heterocycles. The lowest BCUT2D eigenvalue weighted by Crippen LogP contribution is -2.56. The van der Waals surface area contributed by atoms with E-state index in [0.29, 0.717) is 6.42 Å². The minimum absolute atomic E-state index is 0.243. The van der Waals surface area contributed by atoms with Gasteiger partial charge in [-0.15, -0.1) is 0 Å². The summed E-state index contributed by atoms with van der Waals surface area (Å²) in [6, 6.07) is 0. The van der Waals surface area contributed by atoms with Gasteiger partial charge in [-0.05, 0) is 20.3 Å². The van der Waals surface area contributed by atoms with Gasteiger partial charge >= 0.3 is 0 Å². The van der Waals surface area contributed by atoms with Gasteiger partial charge in [0.2, 0.25) is 0 Å². The van der Waals surface area contributed by atoms with Crippen LogP contribution < -0.4 is 0 Å². The second kappa shape index (κ2) is 5.95. The lowest BCUT2D eigenvalue weighted by molar-refractivity contribution is -0.116. The molecule has 17 heavy (non-hydrogen) atoms. The Morgan fingerprint density at radius 3 is 1.65 bits per heavy atom. The number of hydrazone groups is 1. The van der Waals surface area contributed by atoms with E-state index < -0.39 is 16.5 Å². The maximum absolute atomic E-state index is 11.0. The van der Waals surface area contributed by atoms with Crippen molar-refractivity contribution in [3.63, 3.8) is 0 Å². The number of carbonyl (C=O) groups is 1. The van der Waals surface area contributed by atoms with Crippen molar-refractivity contribution in [3.8, 4) is 0 Å². The lowest BCUT2D eigenvalue weighted by atomic mass is 10.2. The van der Waals surface area contributed by atoms with Crippen LogP contribution in [0.5, 0.6) is 0 Å². The van der Waals surface area contributed by atoms with Crippen LogP contribution in [0.25, 0.3) is 0 Å². The highest BCUT2D eigenvalue weighted by Gasteiger charge is 2.33. The number of Topliss-reactive ketones (excluding diaryl/α,β-unsaturated/α-hetero) is 1. The van der Waals surface area contributed by atoms with Crippen LogP contribution in [0.15, 0.2) is 5.10 Å². The van der Waals surface area contributed by atoms with E-state index in [0.717, 1.165) is 12.1 Å². The first kappa shape index (κ1) is 16.6. The fourth-order valence-electron chi connectivity index (χ4n) is 1.88. The molecule has 3 nitrogen and oxygen atoms in total. The zero-order chi connectivity index (χ0) is 13.9. The third kappa shape index (κ3) is 6.78. The molecule has 0 bridgehead atoms. The van der Waals surface area contributed by atoms with Crippen LogP contribution in [0, 0.1) is 0 Å². The summed E-state index contributed by atoms with van der Waals surface area (Å²) in [4.78, 5) is 11.0. The normalized spacial score (nSPS) is 13.8. The van der Waals surface area contributed by atoms with Crippen LogP contribution in [0.1, 0.15) is 26.7 Å². The van der Waals surface area contributed by atoms with Crippen LogP contribution in [-0.2, 0) is 4.79 Å². The zero-order valence-electron chi connectivity index (χ0n) is 12.7. The van der Waals surface area contributed by atoms with Gasteiger partial charge in [0, 0.05) is 12.1 Å². The van der Waals surface area contributed by atoms with E-state index in [1.165, 1.54) is 0 Å². The van der Waals surface area contributed by atoms with Crippen LogP contribution >= 0.6 is 0 Å². The number of nitrogens with zero attached hydrogens (tertiary/aromatic N) is 2. The predicted octanol–water partition coefficient (Wildman–Crippen LogP) is 3.70. The molecule has 0 fully saturated rings. The summed E-state index contributed by atoms with van der Waals surface area (Å²) in [5.74, 6) is 0.243. The van der Waals surface area contributed by atoms with Crippen molar-refractivity contribution in [2.24, 2.45) is 5.10 Å². The number of hydrogen-bond donors (Lipinski definition) is 0. The SMILES string of the molecule is CC(=O)CC/C(C)=N/N([Si](C)(C)C)[Si](C)(C)C. The van der Waals surface area contributed by atoms with E-state index in [1.54, 1.807) is 6.92 Å². The van der Waals surface area contributed by atoms with Crippen LogP contribution in [0.2, 0.25) is 39.3 Å². The molecule has 0 aromatic heterocycles. The highest BCUT2D eigenvalue weighted by molar-refractivity contribution is 6.89. The second-order valence-electron chi connectivity index (χ2n) is 6.69. The topological polar surface area (TPSA) is 32.7 Å². The van der Waals surface area contributed by atoms with Crippen molar-refractivity contribution in [1.82, 2.24) is 4.34 Å². The Morgan fingerprint density at radius 2 is 1.35 bits per heavy atom. The van der Waals surface area contributed by atoms with Crippen molar-refractivity contribution in [3.05, 3.63) is 0 Å². The van der Waals surface area contributed by atoms with Crippen molar-refractivity contribution < 1.29 is 4.79 Å². The molecule has 0 amide bonds. The highest BCUT2D eigenvalue weighted by atomic mass is 28.4. The predicted molar refractivity (Wildman–Crippen MR) is 81.6 cm³/mol. The molecule has 0 aliphatic heterocycles. The summed E-state index contributed by atoms with van der Waals surface area (Å²) < 4.78 is 2.40. The Hall–Kier alpha value is -0.426. The summed E-state index contributed by atoms with van der Waals surface area (Å²) in [5.41, 5.74) is 1.09. The third-order valence-electron chi connectivity index (χ3n) is 2.38. The summed E-state index contributed by atoms with van der Waals surface area (Å²) >= 11 is 0. The largest absolute Gasteiger partial charge is 0.350 e. The van der Waals surface area contributed by atoms with Gasteiger partial charge in [-0.2, -0.15) is 0 Å². The molecule has 0 unspecified atom stereocenters. The van der Waals surface area contributed by atoms with Crippen LogP contribution in [0.4, 0.5) is 0 Å². The van der Waals surface area contributed by atoms with Gasteiger partial charge in [-0.1, -0.05) is 39.3 Å². The average Bonchev–Trinajstić information content (AvgIpc) is 2.07. The summed E-state index contributed by atoms with van der Waals surface area (Å²) in [6.45, 7) is 17.6. The van der Waals surface area contributed by atoms with E-state index in [1.807, 2.05) is 6.92 Å². The monoisotopic (exact) mass is 272 g/mol. The Balaban J connectivity index is 4.86. The van der Waals surface area contributed by atoms with Crippen LogP contribution in [0.3, 0.4) is 0 Å². The molecule has 0 atom stereocenters. The fraction of sp³-hybridized carbons (Fsp3) is 0.833. The van der Waals surface area contributed by atoms with Gasteiger partial charge in [-0.25, -0.2) is 5.10 Å². The summed E-state index contributed by atoms with van der Waals surface area (Å²) in [7, 11) is -2.84. The Kier molecular flexibility index (Phi) is 5.80. The molecule has 0 heterocycles. The molecule has 100 valence electrons. The molecule has 0 aliphatic carbocycles. The summed E-state index contributed by atoms with van der Waals surface area (Å²) in [5, 5.41) is 4.81. The first-order valence-electron chi connectivity index (χ1n) is 6.28. The van der Waals surface area contributed by atoms with Gasteiger partial charge in [0.15, 0.2) is 16.5 Å². The number of carbonyl (C=O) groups excluding carboxylic acids is 1. The van der Waals surface area contributed by atoms with E-state index in [9.17, 15) is 4.79 Å². The quantitative estimate of drug-likeness (QED) is 0.419. The molecule has 0 spiro atoms. The molecule has 0 aliphatic rings. The molecule has 0 radical (unpaired) electrons. The maximum Gasteiger partial charge on any atom is 0.158 e. The van der Waals surface area contributed by atoms with Crippen LogP contribution in [-0.4, -0.2) is 32.3 Å². The first-order chi connectivity index (χ1) is 7.44. The van der Waals surface area contributed by atoms with E-state index >= 15 is 0 Å². The maximum atomic E-state index is 11.0. The average molecular weight is 273 g/mol. The van der Waals surface area contributed by atoms with Gasteiger partial charge in [0.1, 0.15) is 5.78 Å². The van der Waals surface area contributed by atoms with Crippen molar-refractivity contribution in [1.29, 1.82) is 0 Å².